The van der Waals surface area contributed by atoms with Crippen molar-refractivity contribution >= 4 is 0 Å². The predicted octanol–water partition coefficient (Wildman–Crippen LogP) is 1.51. The molecule has 2 nitrogen and oxygen atoms in total. The fourth-order valence-electron chi connectivity index (χ4n) is 0.991. The van der Waals surface area contributed by atoms with E-state index in [4.69, 9.17) is 4.74 Å². The van der Waals surface area contributed by atoms with Crippen LogP contribution in [0.4, 0.5) is 0 Å². The zero-order chi connectivity index (χ0) is 8.69. The highest BCUT2D eigenvalue weighted by Gasteiger charge is 2.10. The molecule has 0 aromatic carbocycles. The average molecular weight is 159 g/mol. The lowest BCUT2D eigenvalue weighted by atomic mass is 9.97. The van der Waals surface area contributed by atoms with E-state index >= 15 is 0 Å². The molecule has 11 heavy (non-hydrogen) atoms. The van der Waals surface area contributed by atoms with Crippen LogP contribution in [0.15, 0.2) is 0 Å². The van der Waals surface area contributed by atoms with Gasteiger partial charge in [-0.3, -0.25) is 0 Å². The summed E-state index contributed by atoms with van der Waals surface area (Å²) in [7, 11) is 1.99. The van der Waals surface area contributed by atoms with Gasteiger partial charge in [0.2, 0.25) is 0 Å². The Hall–Kier alpha value is -0.0800. The third-order valence-electron chi connectivity index (χ3n) is 2.08. The van der Waals surface area contributed by atoms with Crippen molar-refractivity contribution in [2.75, 3.05) is 26.8 Å². The minimum absolute atomic E-state index is 0.655. The summed E-state index contributed by atoms with van der Waals surface area (Å²) in [6.07, 6.45) is 0. The van der Waals surface area contributed by atoms with Crippen LogP contribution in [-0.2, 0) is 4.74 Å². The Morgan fingerprint density at radius 2 is 1.91 bits per heavy atom. The van der Waals surface area contributed by atoms with Gasteiger partial charge in [0.15, 0.2) is 0 Å². The van der Waals surface area contributed by atoms with Crippen molar-refractivity contribution in [3.8, 4) is 0 Å². The molecule has 0 aliphatic heterocycles. The van der Waals surface area contributed by atoms with E-state index in [1.807, 2.05) is 14.0 Å². The summed E-state index contributed by atoms with van der Waals surface area (Å²) in [6, 6.07) is 0. The molecule has 2 heteroatoms. The lowest BCUT2D eigenvalue weighted by Gasteiger charge is -2.18. The van der Waals surface area contributed by atoms with E-state index in [0.717, 1.165) is 19.8 Å². The van der Waals surface area contributed by atoms with Crippen LogP contribution >= 0.6 is 0 Å². The topological polar surface area (TPSA) is 21.3 Å². The van der Waals surface area contributed by atoms with E-state index in [9.17, 15) is 0 Å². The van der Waals surface area contributed by atoms with Crippen molar-refractivity contribution in [1.82, 2.24) is 5.32 Å². The van der Waals surface area contributed by atoms with Crippen LogP contribution < -0.4 is 5.32 Å². The number of hydrogen-bond acceptors (Lipinski definition) is 2. The molecule has 0 saturated carbocycles. The zero-order valence-corrected chi connectivity index (χ0v) is 8.18. The van der Waals surface area contributed by atoms with Gasteiger partial charge >= 0.3 is 0 Å². The summed E-state index contributed by atoms with van der Waals surface area (Å²) in [5.41, 5.74) is 0. The second kappa shape index (κ2) is 6.62. The second-order valence-electron chi connectivity index (χ2n) is 3.17. The molecule has 0 aromatic heterocycles. The third-order valence-corrected chi connectivity index (χ3v) is 2.08. The number of nitrogens with one attached hydrogen (secondary N) is 1. The molecule has 0 fully saturated rings. The molecular weight excluding hydrogens is 138 g/mol. The Balaban J connectivity index is 3.38. The van der Waals surface area contributed by atoms with Crippen LogP contribution in [0.25, 0.3) is 0 Å². The summed E-state index contributed by atoms with van der Waals surface area (Å²) >= 11 is 0. The molecule has 0 saturated heterocycles. The first-order valence-electron chi connectivity index (χ1n) is 4.44. The second-order valence-corrected chi connectivity index (χ2v) is 3.17. The average Bonchev–Trinajstić information content (AvgIpc) is 2.00. The lowest BCUT2D eigenvalue weighted by molar-refractivity contribution is 0.0967. The number of hydrogen-bond donors (Lipinski definition) is 1. The van der Waals surface area contributed by atoms with Gasteiger partial charge in [0, 0.05) is 13.2 Å². The molecule has 0 spiro atoms. The van der Waals surface area contributed by atoms with Crippen LogP contribution in [0.1, 0.15) is 20.8 Å². The molecule has 0 aromatic rings. The minimum atomic E-state index is 0.655. The molecule has 1 N–H and O–H groups in total. The summed E-state index contributed by atoms with van der Waals surface area (Å²) < 4.78 is 5.33. The normalized spacial score (nSPS) is 16.4. The van der Waals surface area contributed by atoms with Crippen LogP contribution in [-0.4, -0.2) is 26.8 Å². The highest BCUT2D eigenvalue weighted by Crippen LogP contribution is 2.09. The van der Waals surface area contributed by atoms with Gasteiger partial charge in [-0.05, 0) is 32.4 Å². The van der Waals surface area contributed by atoms with Gasteiger partial charge in [-0.25, -0.2) is 0 Å². The van der Waals surface area contributed by atoms with Crippen molar-refractivity contribution in [3.63, 3.8) is 0 Å². The lowest BCUT2D eigenvalue weighted by Crippen LogP contribution is -2.24. The quantitative estimate of drug-likeness (QED) is 0.634. The first-order chi connectivity index (χ1) is 5.22. The summed E-state index contributed by atoms with van der Waals surface area (Å²) in [4.78, 5) is 0. The maximum atomic E-state index is 5.33. The Bertz CT molecular complexity index is 85.6. The van der Waals surface area contributed by atoms with Gasteiger partial charge in [0.25, 0.3) is 0 Å². The van der Waals surface area contributed by atoms with E-state index < -0.39 is 0 Å². The van der Waals surface area contributed by atoms with E-state index in [2.05, 4.69) is 19.2 Å². The van der Waals surface area contributed by atoms with E-state index in [0.29, 0.717) is 11.8 Å². The van der Waals surface area contributed by atoms with E-state index in [-0.39, 0.29) is 0 Å². The Kier molecular flexibility index (Phi) is 6.57. The Labute approximate surface area is 70.3 Å². The molecule has 0 aliphatic carbocycles. The van der Waals surface area contributed by atoms with Gasteiger partial charge in [-0.1, -0.05) is 13.8 Å². The molecule has 0 heterocycles. The molecule has 0 rings (SSSR count). The molecule has 0 bridgehead atoms. The summed E-state index contributed by atoms with van der Waals surface area (Å²) in [6.45, 7) is 9.32. The van der Waals surface area contributed by atoms with Crippen LogP contribution in [0.5, 0.6) is 0 Å². The Morgan fingerprint density at radius 1 is 1.27 bits per heavy atom. The largest absolute Gasteiger partial charge is 0.381 e. The molecular formula is C9H21NO. The van der Waals surface area contributed by atoms with Crippen LogP contribution in [0.3, 0.4) is 0 Å². The maximum absolute atomic E-state index is 5.33. The minimum Gasteiger partial charge on any atom is -0.381 e. The highest BCUT2D eigenvalue weighted by molar-refractivity contribution is 4.62. The number of rotatable bonds is 6. The fraction of sp³-hybridized carbons (Fsp3) is 1.00. The molecule has 2 atom stereocenters. The molecule has 0 amide bonds. The summed E-state index contributed by atoms with van der Waals surface area (Å²) in [5.74, 6) is 1.36. The van der Waals surface area contributed by atoms with Gasteiger partial charge in [-0.2, -0.15) is 0 Å². The smallest absolute Gasteiger partial charge is 0.0494 e. The fourth-order valence-corrected chi connectivity index (χ4v) is 0.991. The SMILES string of the molecule is CCOCC(C)C(C)CNC. The summed E-state index contributed by atoms with van der Waals surface area (Å²) in [5, 5.41) is 3.17. The van der Waals surface area contributed by atoms with E-state index in [1.165, 1.54) is 0 Å². The van der Waals surface area contributed by atoms with Gasteiger partial charge in [0.05, 0.1) is 0 Å². The predicted molar refractivity (Wildman–Crippen MR) is 48.7 cm³/mol. The van der Waals surface area contributed by atoms with Crippen LogP contribution in [0, 0.1) is 11.8 Å². The van der Waals surface area contributed by atoms with Crippen molar-refractivity contribution in [1.29, 1.82) is 0 Å². The van der Waals surface area contributed by atoms with Crippen molar-refractivity contribution in [2.45, 2.75) is 20.8 Å². The van der Waals surface area contributed by atoms with Crippen molar-refractivity contribution in [2.24, 2.45) is 11.8 Å². The number of ether oxygens (including phenoxy) is 1. The zero-order valence-electron chi connectivity index (χ0n) is 8.18. The molecule has 2 unspecified atom stereocenters. The molecule has 0 aliphatic rings. The monoisotopic (exact) mass is 159 g/mol. The maximum Gasteiger partial charge on any atom is 0.0494 e. The van der Waals surface area contributed by atoms with E-state index in [1.54, 1.807) is 0 Å². The third kappa shape index (κ3) is 5.22. The van der Waals surface area contributed by atoms with Crippen molar-refractivity contribution < 1.29 is 4.74 Å². The first-order valence-corrected chi connectivity index (χ1v) is 4.44. The van der Waals surface area contributed by atoms with Crippen LogP contribution in [0.2, 0.25) is 0 Å². The first kappa shape index (κ1) is 10.9. The van der Waals surface area contributed by atoms with Gasteiger partial charge in [-0.15, -0.1) is 0 Å². The molecule has 68 valence electrons. The standard InChI is InChI=1S/C9H21NO/c1-5-11-7-9(3)8(2)6-10-4/h8-10H,5-7H2,1-4H3. The highest BCUT2D eigenvalue weighted by atomic mass is 16.5. The van der Waals surface area contributed by atoms with Crippen molar-refractivity contribution in [3.05, 3.63) is 0 Å². The van der Waals surface area contributed by atoms with Gasteiger partial charge < -0.3 is 10.1 Å². The molecule has 0 radical (unpaired) electrons. The Morgan fingerprint density at radius 3 is 2.36 bits per heavy atom. The van der Waals surface area contributed by atoms with Gasteiger partial charge in [0.1, 0.15) is 0 Å².